The number of fused-ring (bicyclic) bond motifs is 1. The van der Waals surface area contributed by atoms with Gasteiger partial charge in [-0.2, -0.15) is 4.98 Å². The molecule has 4 rings (SSSR count). The highest BCUT2D eigenvalue weighted by Crippen LogP contribution is 2.24. The van der Waals surface area contributed by atoms with Crippen LogP contribution in [0.15, 0.2) is 28.8 Å². The Balaban J connectivity index is 1.55. The lowest BCUT2D eigenvalue weighted by molar-refractivity contribution is 0.109. The average molecular weight is 297 g/mol. The van der Waals surface area contributed by atoms with Crippen molar-refractivity contribution in [3.63, 3.8) is 0 Å². The Morgan fingerprint density at radius 3 is 3.09 bits per heavy atom. The number of aromatic nitrogens is 3. The van der Waals surface area contributed by atoms with Crippen LogP contribution < -0.4 is 0 Å². The van der Waals surface area contributed by atoms with Crippen molar-refractivity contribution in [3.05, 3.63) is 47.2 Å². The molecule has 0 amide bonds. The molecule has 1 aliphatic rings. The molecular formula is C17H19N3O2. The van der Waals surface area contributed by atoms with E-state index in [9.17, 15) is 0 Å². The van der Waals surface area contributed by atoms with Gasteiger partial charge in [0.25, 0.3) is 0 Å². The summed E-state index contributed by atoms with van der Waals surface area (Å²) >= 11 is 0. The maximum atomic E-state index is 5.62. The Morgan fingerprint density at radius 2 is 2.23 bits per heavy atom. The maximum absolute atomic E-state index is 5.62. The summed E-state index contributed by atoms with van der Waals surface area (Å²) in [5.74, 6) is 1.42. The number of nitrogens with zero attached hydrogens (tertiary/aromatic N) is 2. The van der Waals surface area contributed by atoms with Crippen molar-refractivity contribution in [2.75, 3.05) is 6.61 Å². The van der Waals surface area contributed by atoms with Crippen molar-refractivity contribution < 1.29 is 9.26 Å². The van der Waals surface area contributed by atoms with Crippen molar-refractivity contribution in [1.29, 1.82) is 0 Å². The van der Waals surface area contributed by atoms with Crippen molar-refractivity contribution >= 4 is 10.9 Å². The van der Waals surface area contributed by atoms with Gasteiger partial charge in [0.15, 0.2) is 5.82 Å². The van der Waals surface area contributed by atoms with Crippen LogP contribution in [0.2, 0.25) is 0 Å². The van der Waals surface area contributed by atoms with Gasteiger partial charge in [-0.15, -0.1) is 0 Å². The van der Waals surface area contributed by atoms with E-state index in [0.29, 0.717) is 12.3 Å². The van der Waals surface area contributed by atoms with E-state index in [2.05, 4.69) is 40.2 Å². The Kier molecular flexibility index (Phi) is 3.42. The van der Waals surface area contributed by atoms with E-state index in [1.54, 1.807) is 0 Å². The van der Waals surface area contributed by atoms with Crippen molar-refractivity contribution in [2.24, 2.45) is 0 Å². The number of aryl methyl sites for hydroxylation is 1. The van der Waals surface area contributed by atoms with Crippen molar-refractivity contribution in [1.82, 2.24) is 15.1 Å². The molecule has 1 fully saturated rings. The van der Waals surface area contributed by atoms with Crippen LogP contribution in [0.3, 0.4) is 0 Å². The highest BCUT2D eigenvalue weighted by atomic mass is 16.5. The van der Waals surface area contributed by atoms with Gasteiger partial charge >= 0.3 is 0 Å². The normalized spacial score (nSPS) is 18.3. The van der Waals surface area contributed by atoms with E-state index in [-0.39, 0.29) is 6.10 Å². The summed E-state index contributed by atoms with van der Waals surface area (Å²) in [6, 6.07) is 8.30. The Hall–Kier alpha value is -2.14. The molecule has 5 heteroatoms. The first-order valence-corrected chi connectivity index (χ1v) is 7.79. The summed E-state index contributed by atoms with van der Waals surface area (Å²) in [4.78, 5) is 7.93. The number of ether oxygens (including phenoxy) is 1. The summed E-state index contributed by atoms with van der Waals surface area (Å²) in [6.45, 7) is 2.93. The zero-order valence-electron chi connectivity index (χ0n) is 12.6. The summed E-state index contributed by atoms with van der Waals surface area (Å²) in [7, 11) is 0. The number of para-hydroxylation sites is 1. The topological polar surface area (TPSA) is 63.9 Å². The quantitative estimate of drug-likeness (QED) is 0.803. The number of nitrogens with one attached hydrogen (secondary N) is 1. The minimum absolute atomic E-state index is 0.250. The average Bonchev–Trinajstić information content (AvgIpc) is 3.23. The van der Waals surface area contributed by atoms with E-state index in [0.717, 1.165) is 42.9 Å². The van der Waals surface area contributed by atoms with Crippen LogP contribution in [0.4, 0.5) is 0 Å². The zero-order chi connectivity index (χ0) is 14.9. The van der Waals surface area contributed by atoms with Crippen LogP contribution in [0, 0.1) is 6.92 Å². The zero-order valence-corrected chi connectivity index (χ0v) is 12.6. The summed E-state index contributed by atoms with van der Waals surface area (Å²) in [5, 5.41) is 5.31. The third-order valence-electron chi connectivity index (χ3n) is 4.30. The standard InChI is InChI=1S/C17H19N3O2/c1-11-14(13-6-2-3-7-15(13)18-11)10-17-19-16(20-22-17)9-12-5-4-8-21-12/h2-3,6-7,12,18H,4-5,8-10H2,1H3. The fraction of sp³-hybridized carbons (Fsp3) is 0.412. The van der Waals surface area contributed by atoms with Crippen molar-refractivity contribution in [2.45, 2.75) is 38.7 Å². The molecule has 0 bridgehead atoms. The largest absolute Gasteiger partial charge is 0.378 e. The second-order valence-corrected chi connectivity index (χ2v) is 5.89. The fourth-order valence-electron chi connectivity index (χ4n) is 3.17. The van der Waals surface area contributed by atoms with Crippen LogP contribution in [-0.2, 0) is 17.6 Å². The second-order valence-electron chi connectivity index (χ2n) is 5.89. The van der Waals surface area contributed by atoms with Gasteiger partial charge < -0.3 is 14.2 Å². The Morgan fingerprint density at radius 1 is 1.32 bits per heavy atom. The molecule has 1 aromatic carbocycles. The van der Waals surface area contributed by atoms with Crippen LogP contribution in [-0.4, -0.2) is 27.8 Å². The van der Waals surface area contributed by atoms with E-state index < -0.39 is 0 Å². The molecule has 5 nitrogen and oxygen atoms in total. The number of hydrogen-bond acceptors (Lipinski definition) is 4. The molecule has 114 valence electrons. The molecule has 1 saturated heterocycles. The molecule has 0 radical (unpaired) electrons. The van der Waals surface area contributed by atoms with E-state index in [1.807, 2.05) is 6.07 Å². The Labute approximate surface area is 128 Å². The van der Waals surface area contributed by atoms with Gasteiger partial charge in [-0.25, -0.2) is 0 Å². The molecule has 1 aliphatic heterocycles. The lowest BCUT2D eigenvalue weighted by atomic mass is 10.1. The highest BCUT2D eigenvalue weighted by Gasteiger charge is 2.19. The monoisotopic (exact) mass is 297 g/mol. The third kappa shape index (κ3) is 2.52. The number of aromatic amines is 1. The molecule has 1 atom stereocenters. The molecule has 0 spiro atoms. The van der Waals surface area contributed by atoms with E-state index in [4.69, 9.17) is 9.26 Å². The molecule has 3 heterocycles. The molecule has 0 aliphatic carbocycles. The van der Waals surface area contributed by atoms with Gasteiger partial charge in [0, 0.05) is 29.6 Å². The highest BCUT2D eigenvalue weighted by molar-refractivity contribution is 5.84. The fourth-order valence-corrected chi connectivity index (χ4v) is 3.17. The number of H-pyrrole nitrogens is 1. The summed E-state index contributed by atoms with van der Waals surface area (Å²) < 4.78 is 11.0. The molecule has 1 N–H and O–H groups in total. The Bertz CT molecular complexity index is 784. The molecule has 3 aromatic rings. The van der Waals surface area contributed by atoms with Crippen LogP contribution in [0.1, 0.15) is 35.8 Å². The number of benzene rings is 1. The van der Waals surface area contributed by atoms with E-state index in [1.165, 1.54) is 10.9 Å². The smallest absolute Gasteiger partial charge is 0.231 e. The van der Waals surface area contributed by atoms with Gasteiger partial charge in [-0.1, -0.05) is 23.4 Å². The first-order valence-electron chi connectivity index (χ1n) is 7.79. The third-order valence-corrected chi connectivity index (χ3v) is 4.30. The lowest BCUT2D eigenvalue weighted by Gasteiger charge is -2.03. The molecular weight excluding hydrogens is 278 g/mol. The van der Waals surface area contributed by atoms with Gasteiger partial charge in [0.05, 0.1) is 12.5 Å². The van der Waals surface area contributed by atoms with Crippen LogP contribution in [0.5, 0.6) is 0 Å². The summed E-state index contributed by atoms with van der Waals surface area (Å²) in [6.07, 6.45) is 3.88. The maximum Gasteiger partial charge on any atom is 0.231 e. The predicted molar refractivity (Wildman–Crippen MR) is 82.8 cm³/mol. The van der Waals surface area contributed by atoms with Gasteiger partial charge in [0.2, 0.25) is 5.89 Å². The van der Waals surface area contributed by atoms with Gasteiger partial charge in [0.1, 0.15) is 0 Å². The molecule has 2 aromatic heterocycles. The second kappa shape index (κ2) is 5.57. The number of hydrogen-bond donors (Lipinski definition) is 1. The first kappa shape index (κ1) is 13.5. The first-order chi connectivity index (χ1) is 10.8. The minimum atomic E-state index is 0.250. The van der Waals surface area contributed by atoms with Gasteiger partial charge in [-0.05, 0) is 31.4 Å². The van der Waals surface area contributed by atoms with Crippen molar-refractivity contribution in [3.8, 4) is 0 Å². The van der Waals surface area contributed by atoms with Crippen LogP contribution in [0.25, 0.3) is 10.9 Å². The SMILES string of the molecule is Cc1[nH]c2ccccc2c1Cc1nc(CC2CCCO2)no1. The van der Waals surface area contributed by atoms with E-state index >= 15 is 0 Å². The molecule has 22 heavy (non-hydrogen) atoms. The predicted octanol–water partition coefficient (Wildman–Crippen LogP) is 3.17. The minimum Gasteiger partial charge on any atom is -0.378 e. The molecule has 0 saturated carbocycles. The number of rotatable bonds is 4. The summed E-state index contributed by atoms with van der Waals surface area (Å²) in [5.41, 5.74) is 3.53. The van der Waals surface area contributed by atoms with Crippen LogP contribution >= 0.6 is 0 Å². The van der Waals surface area contributed by atoms with Gasteiger partial charge in [-0.3, -0.25) is 0 Å². The molecule has 1 unspecified atom stereocenters. The lowest BCUT2D eigenvalue weighted by Crippen LogP contribution is -2.09.